The topological polar surface area (TPSA) is 52.7 Å². The van der Waals surface area contributed by atoms with Crippen molar-refractivity contribution >= 4 is 12.2 Å². The number of azo groups is 1. The van der Waals surface area contributed by atoms with Gasteiger partial charge in [-0.25, -0.2) is 0 Å². The first-order valence-electron chi connectivity index (χ1n) is 2.90. The van der Waals surface area contributed by atoms with Gasteiger partial charge in [0.2, 0.25) is 0 Å². The fourth-order valence-corrected chi connectivity index (χ4v) is 0.756. The third-order valence-corrected chi connectivity index (χ3v) is 1.22. The average Bonchev–Trinajstić information content (AvgIpc) is 2.05. The average molecular weight is 135 g/mol. The Morgan fingerprint density at radius 3 is 3.40 bits per heavy atom. The Kier molecular flexibility index (Phi) is 1.06. The summed E-state index contributed by atoms with van der Waals surface area (Å²) in [5.41, 5.74) is 0. The van der Waals surface area contributed by atoms with Crippen LogP contribution < -0.4 is 0 Å². The summed E-state index contributed by atoms with van der Waals surface area (Å²) >= 11 is 0. The predicted molar refractivity (Wildman–Crippen MR) is 36.6 cm³/mol. The lowest BCUT2D eigenvalue weighted by molar-refractivity contribution is 0.605. The molecule has 2 aliphatic heterocycles. The number of nitrogens with zero attached hydrogens (tertiary/aromatic N) is 5. The summed E-state index contributed by atoms with van der Waals surface area (Å²) in [6.07, 6.45) is 5.16. The lowest BCUT2D eigenvalue weighted by Gasteiger charge is -2.18. The van der Waals surface area contributed by atoms with Gasteiger partial charge in [0.25, 0.3) is 5.96 Å². The molecule has 0 aliphatic carbocycles. The predicted octanol–water partition coefficient (Wildman–Crippen LogP) is 0.581. The van der Waals surface area contributed by atoms with Crippen LogP contribution in [0.3, 0.4) is 0 Å². The van der Waals surface area contributed by atoms with Gasteiger partial charge >= 0.3 is 0 Å². The Morgan fingerprint density at radius 2 is 2.50 bits per heavy atom. The smallest absolute Gasteiger partial charge is 0.268 e. The fourth-order valence-electron chi connectivity index (χ4n) is 0.756. The number of rotatable bonds is 0. The summed E-state index contributed by atoms with van der Waals surface area (Å²) in [6, 6.07) is 0. The maximum atomic E-state index is 3.75. The summed E-state index contributed by atoms with van der Waals surface area (Å²) in [6.45, 7) is 0.731. The molecule has 2 heterocycles. The van der Waals surface area contributed by atoms with Gasteiger partial charge in [0.05, 0.1) is 12.7 Å². The van der Waals surface area contributed by atoms with E-state index in [4.69, 9.17) is 0 Å². The van der Waals surface area contributed by atoms with Gasteiger partial charge in [0, 0.05) is 12.4 Å². The zero-order valence-corrected chi connectivity index (χ0v) is 5.18. The molecule has 0 N–H and O–H groups in total. The highest BCUT2D eigenvalue weighted by molar-refractivity contribution is 5.86. The zero-order chi connectivity index (χ0) is 6.81. The minimum atomic E-state index is 0.560. The third kappa shape index (κ3) is 0.717. The van der Waals surface area contributed by atoms with Gasteiger partial charge in [-0.1, -0.05) is 0 Å². The van der Waals surface area contributed by atoms with Gasteiger partial charge in [-0.05, 0) is 0 Å². The molecular formula is C5H5N5. The molecule has 2 aliphatic rings. The van der Waals surface area contributed by atoms with E-state index in [1.54, 1.807) is 12.4 Å². The summed E-state index contributed by atoms with van der Waals surface area (Å²) in [5.74, 6) is 0.560. The van der Waals surface area contributed by atoms with Crippen molar-refractivity contribution in [1.29, 1.82) is 0 Å². The zero-order valence-electron chi connectivity index (χ0n) is 5.18. The van der Waals surface area contributed by atoms with Crippen LogP contribution in [0, 0.1) is 0 Å². The van der Waals surface area contributed by atoms with Gasteiger partial charge in [-0.3, -0.25) is 0 Å². The van der Waals surface area contributed by atoms with Crippen LogP contribution in [-0.2, 0) is 0 Å². The van der Waals surface area contributed by atoms with Crippen LogP contribution in [0.5, 0.6) is 0 Å². The number of hydrogen-bond acceptors (Lipinski definition) is 5. The molecule has 50 valence electrons. The van der Waals surface area contributed by atoms with Crippen molar-refractivity contribution in [3.05, 3.63) is 12.4 Å². The molecule has 0 unspecified atom stereocenters. The Balaban J connectivity index is 2.34. The number of hydrogen-bond donors (Lipinski definition) is 0. The molecule has 2 rings (SSSR count). The van der Waals surface area contributed by atoms with E-state index in [1.165, 1.54) is 0 Å². The van der Waals surface area contributed by atoms with E-state index in [0.717, 1.165) is 6.54 Å². The van der Waals surface area contributed by atoms with E-state index in [0.29, 0.717) is 5.96 Å². The van der Waals surface area contributed by atoms with Gasteiger partial charge in [0.15, 0.2) is 0 Å². The first kappa shape index (κ1) is 5.28. The summed E-state index contributed by atoms with van der Waals surface area (Å²) in [5, 5.41) is 14.9. The molecule has 0 amide bonds. The van der Waals surface area contributed by atoms with Crippen molar-refractivity contribution in [2.45, 2.75) is 0 Å². The highest BCUT2D eigenvalue weighted by atomic mass is 15.4. The Hall–Kier alpha value is -1.52. The van der Waals surface area contributed by atoms with Crippen LogP contribution in [0.2, 0.25) is 0 Å². The fraction of sp³-hybridized carbons (Fsp3) is 0.200. The molecule has 0 atom stereocenters. The first-order chi connectivity index (χ1) is 4.97. The van der Waals surface area contributed by atoms with Crippen molar-refractivity contribution in [3.8, 4) is 0 Å². The minimum absolute atomic E-state index is 0.560. The van der Waals surface area contributed by atoms with Gasteiger partial charge in [0.1, 0.15) is 0 Å². The molecule has 0 aromatic rings. The largest absolute Gasteiger partial charge is 0.308 e. The quantitative estimate of drug-likeness (QED) is 0.479. The number of guanidine groups is 1. The van der Waals surface area contributed by atoms with E-state index in [2.05, 4.69) is 20.4 Å². The molecule has 0 fully saturated rings. The van der Waals surface area contributed by atoms with Crippen LogP contribution >= 0.6 is 0 Å². The van der Waals surface area contributed by atoms with Crippen LogP contribution in [0.1, 0.15) is 0 Å². The van der Waals surface area contributed by atoms with Crippen LogP contribution in [0.4, 0.5) is 0 Å². The Labute approximate surface area is 57.5 Å². The highest BCUT2D eigenvalue weighted by Crippen LogP contribution is 2.04. The summed E-state index contributed by atoms with van der Waals surface area (Å²) in [7, 11) is 0. The second kappa shape index (κ2) is 2.02. The minimum Gasteiger partial charge on any atom is -0.308 e. The molecular weight excluding hydrogens is 130 g/mol. The second-order valence-corrected chi connectivity index (χ2v) is 1.86. The van der Waals surface area contributed by atoms with Crippen molar-refractivity contribution in [2.24, 2.45) is 20.4 Å². The van der Waals surface area contributed by atoms with Crippen LogP contribution in [0.15, 0.2) is 32.8 Å². The number of fused-ring (bicyclic) bond motifs is 1. The van der Waals surface area contributed by atoms with Crippen molar-refractivity contribution in [1.82, 2.24) is 4.90 Å². The van der Waals surface area contributed by atoms with E-state index < -0.39 is 0 Å². The molecule has 0 radical (unpaired) electrons. The van der Waals surface area contributed by atoms with Crippen LogP contribution in [-0.4, -0.2) is 23.6 Å². The molecule has 5 nitrogen and oxygen atoms in total. The Morgan fingerprint density at radius 1 is 1.50 bits per heavy atom. The van der Waals surface area contributed by atoms with Crippen molar-refractivity contribution in [3.63, 3.8) is 0 Å². The van der Waals surface area contributed by atoms with Gasteiger partial charge in [-0.2, -0.15) is 10.2 Å². The van der Waals surface area contributed by atoms with E-state index in [-0.39, 0.29) is 0 Å². The van der Waals surface area contributed by atoms with Crippen molar-refractivity contribution in [2.75, 3.05) is 6.54 Å². The first-order valence-corrected chi connectivity index (χ1v) is 2.90. The SMILES string of the molecule is C1=CN2CC=NN=C2N=N1. The summed E-state index contributed by atoms with van der Waals surface area (Å²) in [4.78, 5) is 1.86. The molecule has 0 aromatic heterocycles. The van der Waals surface area contributed by atoms with E-state index >= 15 is 0 Å². The molecule has 0 aromatic carbocycles. The second-order valence-electron chi connectivity index (χ2n) is 1.86. The lowest BCUT2D eigenvalue weighted by Crippen LogP contribution is -2.29. The molecule has 0 spiro atoms. The summed E-state index contributed by atoms with van der Waals surface area (Å²) < 4.78 is 0. The third-order valence-electron chi connectivity index (χ3n) is 1.22. The Bertz CT molecular complexity index is 249. The molecule has 0 saturated heterocycles. The van der Waals surface area contributed by atoms with Gasteiger partial charge < -0.3 is 4.90 Å². The van der Waals surface area contributed by atoms with Gasteiger partial charge in [-0.15, -0.1) is 10.2 Å². The monoisotopic (exact) mass is 135 g/mol. The molecule has 0 saturated carbocycles. The molecule has 10 heavy (non-hydrogen) atoms. The van der Waals surface area contributed by atoms with Crippen LogP contribution in [0.25, 0.3) is 0 Å². The standard InChI is InChI=1S/C5H5N5/c1-3-10-4-2-7-9-5(10)8-6-1/h1-3H,4H2. The highest BCUT2D eigenvalue weighted by Gasteiger charge is 2.11. The molecule has 0 bridgehead atoms. The van der Waals surface area contributed by atoms with Crippen molar-refractivity contribution < 1.29 is 0 Å². The lowest BCUT2D eigenvalue weighted by atomic mass is 10.5. The van der Waals surface area contributed by atoms with E-state index in [1.807, 2.05) is 11.1 Å². The normalized spacial score (nSPS) is 20.8. The maximum Gasteiger partial charge on any atom is 0.268 e. The maximum absolute atomic E-state index is 3.75. The molecule has 5 heteroatoms. The van der Waals surface area contributed by atoms with E-state index in [9.17, 15) is 0 Å².